The largest absolute Gasteiger partial charge is 0.308 e. The van der Waals surface area contributed by atoms with Crippen molar-refractivity contribution < 1.29 is 0 Å². The van der Waals surface area contributed by atoms with Crippen LogP contribution in [0.4, 0.5) is 5.82 Å². The van der Waals surface area contributed by atoms with E-state index in [1.165, 1.54) is 23.3 Å². The maximum atomic E-state index is 5.66. The summed E-state index contributed by atoms with van der Waals surface area (Å²) in [6.45, 7) is 11.5. The first-order valence-corrected chi connectivity index (χ1v) is 8.37. The number of nitrogens with two attached hydrogens (primary N) is 1. The Morgan fingerprint density at radius 3 is 2.62 bits per heavy atom. The molecule has 5 nitrogen and oxygen atoms in total. The van der Waals surface area contributed by atoms with Gasteiger partial charge in [0.15, 0.2) is 5.82 Å². The van der Waals surface area contributed by atoms with Crippen LogP contribution < -0.4 is 11.3 Å². The van der Waals surface area contributed by atoms with Gasteiger partial charge in [-0.3, -0.25) is 4.90 Å². The highest BCUT2D eigenvalue weighted by molar-refractivity contribution is 7.18. The second-order valence-corrected chi connectivity index (χ2v) is 6.52. The Morgan fingerprint density at radius 2 is 2.00 bits per heavy atom. The van der Waals surface area contributed by atoms with Crippen molar-refractivity contribution in [3.63, 3.8) is 0 Å². The van der Waals surface area contributed by atoms with E-state index in [4.69, 9.17) is 10.8 Å². The first kappa shape index (κ1) is 16.1. The molecule has 0 aliphatic rings. The number of thiophene rings is 1. The number of aryl methyl sites for hydroxylation is 2. The predicted molar refractivity (Wildman–Crippen MR) is 90.6 cm³/mol. The van der Waals surface area contributed by atoms with Crippen molar-refractivity contribution >= 4 is 27.4 Å². The molecule has 0 amide bonds. The molecule has 0 saturated heterocycles. The lowest BCUT2D eigenvalue weighted by Gasteiger charge is -2.19. The smallest absolute Gasteiger partial charge is 0.152 e. The molecular weight excluding hydrogens is 282 g/mol. The molecule has 0 aliphatic heterocycles. The molecule has 2 aromatic heterocycles. The van der Waals surface area contributed by atoms with Gasteiger partial charge in [-0.1, -0.05) is 20.3 Å². The number of nitrogens with zero attached hydrogens (tertiary/aromatic N) is 3. The first-order chi connectivity index (χ1) is 10.1. The Kier molecular flexibility index (Phi) is 5.50. The van der Waals surface area contributed by atoms with E-state index in [1.807, 2.05) is 0 Å². The zero-order chi connectivity index (χ0) is 15.4. The molecule has 0 bridgehead atoms. The summed E-state index contributed by atoms with van der Waals surface area (Å²) in [5.74, 6) is 7.24. The molecule has 0 radical (unpaired) electrons. The van der Waals surface area contributed by atoms with Gasteiger partial charge < -0.3 is 5.43 Å². The van der Waals surface area contributed by atoms with Crippen molar-refractivity contribution in [3.8, 4) is 0 Å². The third kappa shape index (κ3) is 3.51. The lowest BCUT2D eigenvalue weighted by molar-refractivity contribution is 0.269. The number of rotatable bonds is 7. The van der Waals surface area contributed by atoms with Crippen LogP contribution >= 0.6 is 11.3 Å². The molecular formula is C15H25N5S. The summed E-state index contributed by atoms with van der Waals surface area (Å²) >= 11 is 1.71. The summed E-state index contributed by atoms with van der Waals surface area (Å²) in [7, 11) is 0. The number of nitrogens with one attached hydrogen (secondary N) is 1. The highest BCUT2D eigenvalue weighted by atomic mass is 32.1. The lowest BCUT2D eigenvalue weighted by atomic mass is 10.2. The Bertz CT molecular complexity index is 608. The fourth-order valence-corrected chi connectivity index (χ4v) is 3.45. The van der Waals surface area contributed by atoms with Gasteiger partial charge in [-0.05, 0) is 38.9 Å². The molecule has 0 saturated carbocycles. The highest BCUT2D eigenvalue weighted by Gasteiger charge is 2.15. The van der Waals surface area contributed by atoms with Crippen LogP contribution in [-0.4, -0.2) is 28.0 Å². The van der Waals surface area contributed by atoms with Gasteiger partial charge in [0.2, 0.25) is 0 Å². The Hall–Kier alpha value is -1.24. The molecule has 2 heterocycles. The SMILES string of the molecule is CCCCN(CC)Cc1nc(NN)c2c(C)c(C)sc2n1. The van der Waals surface area contributed by atoms with Crippen molar-refractivity contribution in [2.75, 3.05) is 18.5 Å². The molecule has 0 fully saturated rings. The van der Waals surface area contributed by atoms with Crippen LogP contribution in [0.25, 0.3) is 10.2 Å². The second kappa shape index (κ2) is 7.15. The van der Waals surface area contributed by atoms with E-state index in [9.17, 15) is 0 Å². The van der Waals surface area contributed by atoms with Crippen molar-refractivity contribution in [3.05, 3.63) is 16.3 Å². The molecule has 6 heteroatoms. The van der Waals surface area contributed by atoms with E-state index in [0.29, 0.717) is 0 Å². The molecule has 116 valence electrons. The number of hydrazine groups is 1. The predicted octanol–water partition coefficient (Wildman–Crippen LogP) is 3.22. The monoisotopic (exact) mass is 307 g/mol. The van der Waals surface area contributed by atoms with E-state index in [2.05, 4.69) is 43.0 Å². The molecule has 2 rings (SSSR count). The number of aromatic nitrogens is 2. The maximum absolute atomic E-state index is 5.66. The third-order valence-corrected chi connectivity index (χ3v) is 4.95. The number of hydrogen-bond donors (Lipinski definition) is 2. The minimum Gasteiger partial charge on any atom is -0.308 e. The minimum atomic E-state index is 0.739. The van der Waals surface area contributed by atoms with Crippen LogP contribution in [0.2, 0.25) is 0 Å². The summed E-state index contributed by atoms with van der Waals surface area (Å²) in [6.07, 6.45) is 2.41. The van der Waals surface area contributed by atoms with Gasteiger partial charge >= 0.3 is 0 Å². The van der Waals surface area contributed by atoms with Gasteiger partial charge in [0.25, 0.3) is 0 Å². The molecule has 0 aromatic carbocycles. The second-order valence-electron chi connectivity index (χ2n) is 5.32. The number of hydrogen-bond acceptors (Lipinski definition) is 6. The van der Waals surface area contributed by atoms with E-state index in [-0.39, 0.29) is 0 Å². The molecule has 0 unspecified atom stereocenters. The van der Waals surface area contributed by atoms with Crippen LogP contribution in [0.1, 0.15) is 43.0 Å². The van der Waals surface area contributed by atoms with Gasteiger partial charge in [0.1, 0.15) is 10.7 Å². The quantitative estimate of drug-likeness (QED) is 0.607. The molecule has 21 heavy (non-hydrogen) atoms. The summed E-state index contributed by atoms with van der Waals surface area (Å²) in [6, 6.07) is 0. The third-order valence-electron chi connectivity index (χ3n) is 3.85. The minimum absolute atomic E-state index is 0.739. The summed E-state index contributed by atoms with van der Waals surface area (Å²) in [4.78, 5) is 14.0. The van der Waals surface area contributed by atoms with Crippen LogP contribution in [0.5, 0.6) is 0 Å². The van der Waals surface area contributed by atoms with E-state index in [0.717, 1.165) is 41.5 Å². The van der Waals surface area contributed by atoms with Gasteiger partial charge in [0.05, 0.1) is 11.9 Å². The Balaban J connectivity index is 2.32. The fraction of sp³-hybridized carbons (Fsp3) is 0.600. The van der Waals surface area contributed by atoms with Gasteiger partial charge in [-0.2, -0.15) is 0 Å². The van der Waals surface area contributed by atoms with Gasteiger partial charge in [0, 0.05) is 4.88 Å². The maximum Gasteiger partial charge on any atom is 0.152 e. The summed E-state index contributed by atoms with van der Waals surface area (Å²) < 4.78 is 0. The zero-order valence-electron chi connectivity index (χ0n) is 13.4. The van der Waals surface area contributed by atoms with E-state index >= 15 is 0 Å². The number of anilines is 1. The average molecular weight is 307 g/mol. The summed E-state index contributed by atoms with van der Waals surface area (Å²) in [5, 5.41) is 1.06. The number of unbranched alkanes of at least 4 members (excludes halogenated alkanes) is 1. The van der Waals surface area contributed by atoms with Crippen LogP contribution in [-0.2, 0) is 6.54 Å². The highest BCUT2D eigenvalue weighted by Crippen LogP contribution is 2.32. The molecule has 3 N–H and O–H groups in total. The Morgan fingerprint density at radius 1 is 1.24 bits per heavy atom. The van der Waals surface area contributed by atoms with Crippen LogP contribution in [0.3, 0.4) is 0 Å². The number of fused-ring (bicyclic) bond motifs is 1. The molecule has 2 aromatic rings. The van der Waals surface area contributed by atoms with Crippen LogP contribution in [0, 0.1) is 13.8 Å². The van der Waals surface area contributed by atoms with Crippen molar-refractivity contribution in [1.82, 2.24) is 14.9 Å². The van der Waals surface area contributed by atoms with E-state index in [1.54, 1.807) is 11.3 Å². The first-order valence-electron chi connectivity index (χ1n) is 7.56. The molecule has 0 aliphatic carbocycles. The van der Waals surface area contributed by atoms with Crippen LogP contribution in [0.15, 0.2) is 0 Å². The topological polar surface area (TPSA) is 67.1 Å². The Labute approximate surface area is 130 Å². The summed E-state index contributed by atoms with van der Waals surface area (Å²) in [5.41, 5.74) is 3.95. The molecule has 0 spiro atoms. The zero-order valence-corrected chi connectivity index (χ0v) is 14.2. The van der Waals surface area contributed by atoms with Crippen molar-refractivity contribution in [2.45, 2.75) is 47.1 Å². The van der Waals surface area contributed by atoms with Gasteiger partial charge in [-0.15, -0.1) is 11.3 Å². The van der Waals surface area contributed by atoms with Crippen molar-refractivity contribution in [1.29, 1.82) is 0 Å². The normalized spacial score (nSPS) is 11.5. The number of nitrogen functional groups attached to an aromatic ring is 1. The lowest BCUT2D eigenvalue weighted by Crippen LogP contribution is -2.25. The average Bonchev–Trinajstić information content (AvgIpc) is 2.77. The molecule has 0 atom stereocenters. The van der Waals surface area contributed by atoms with E-state index < -0.39 is 0 Å². The fourth-order valence-electron chi connectivity index (χ4n) is 2.40. The van der Waals surface area contributed by atoms with Gasteiger partial charge in [-0.25, -0.2) is 15.8 Å². The standard InChI is InChI=1S/C15H25N5S/c1-5-7-8-20(6-2)9-12-17-14(19-16)13-10(3)11(4)21-15(13)18-12/h5-9,16H2,1-4H3,(H,17,18,19). The van der Waals surface area contributed by atoms with Crippen molar-refractivity contribution in [2.24, 2.45) is 5.84 Å².